The molecule has 1 aliphatic rings. The number of carbonyl (C=O) groups is 1. The molecule has 0 bridgehead atoms. The molecule has 1 fully saturated rings. The molecule has 1 saturated carbocycles. The van der Waals surface area contributed by atoms with Crippen molar-refractivity contribution in [3.05, 3.63) is 40.8 Å². The van der Waals surface area contributed by atoms with Crippen molar-refractivity contribution in [1.29, 1.82) is 0 Å². The highest BCUT2D eigenvalue weighted by Gasteiger charge is 2.30. The Morgan fingerprint density at radius 3 is 2.76 bits per heavy atom. The molecule has 2 aromatic heterocycles. The fraction of sp³-hybridized carbons (Fsp3) is 0.438. The van der Waals surface area contributed by atoms with E-state index in [1.54, 1.807) is 0 Å². The van der Waals surface area contributed by atoms with E-state index >= 15 is 0 Å². The van der Waals surface area contributed by atoms with Crippen molar-refractivity contribution in [3.8, 4) is 5.69 Å². The topological polar surface area (TPSA) is 45.5 Å². The average Bonchev–Trinajstić information content (AvgIpc) is 3.09. The van der Waals surface area contributed by atoms with Crippen LogP contribution in [0.25, 0.3) is 5.69 Å². The second-order valence-corrected chi connectivity index (χ2v) is 6.30. The predicted molar refractivity (Wildman–Crippen MR) is 84.0 cm³/mol. The van der Waals surface area contributed by atoms with Crippen LogP contribution in [-0.2, 0) is 0 Å². The number of hydrogen-bond acceptors (Lipinski definition) is 3. The van der Waals surface area contributed by atoms with Gasteiger partial charge in [-0.1, -0.05) is 0 Å². The Morgan fingerprint density at radius 1 is 1.38 bits per heavy atom. The van der Waals surface area contributed by atoms with Crippen LogP contribution in [0.4, 0.5) is 0 Å². The molecule has 0 unspecified atom stereocenters. The maximum Gasteiger partial charge on any atom is 0.266 e. The van der Waals surface area contributed by atoms with Crippen LogP contribution in [0.5, 0.6) is 0 Å². The lowest BCUT2D eigenvalue weighted by molar-refractivity contribution is 0.0567. The highest BCUT2D eigenvalue weighted by molar-refractivity contribution is 7.12. The third-order valence-electron chi connectivity index (χ3n) is 4.05. The first kappa shape index (κ1) is 14.4. The molecule has 5 heteroatoms. The number of amides is 1. The first-order valence-electron chi connectivity index (χ1n) is 7.44. The molecule has 1 aliphatic carbocycles. The summed E-state index contributed by atoms with van der Waals surface area (Å²) in [7, 11) is 0. The van der Waals surface area contributed by atoms with Crippen LogP contribution in [0.3, 0.4) is 0 Å². The smallest absolute Gasteiger partial charge is 0.266 e. The summed E-state index contributed by atoms with van der Waals surface area (Å²) in [4.78, 5) is 15.6. The predicted octanol–water partition coefficient (Wildman–Crippen LogP) is 2.92. The van der Waals surface area contributed by atoms with E-state index < -0.39 is 0 Å². The zero-order chi connectivity index (χ0) is 14.7. The number of aliphatic hydroxyl groups is 1. The van der Waals surface area contributed by atoms with E-state index in [2.05, 4.69) is 0 Å². The van der Waals surface area contributed by atoms with E-state index in [0.29, 0.717) is 19.0 Å². The highest BCUT2D eigenvalue weighted by Crippen LogP contribution is 2.29. The van der Waals surface area contributed by atoms with Gasteiger partial charge in [0, 0.05) is 31.6 Å². The maximum atomic E-state index is 12.9. The average molecular weight is 304 g/mol. The Bertz CT molecular complexity index is 587. The fourth-order valence-corrected chi connectivity index (χ4v) is 3.53. The van der Waals surface area contributed by atoms with E-state index in [-0.39, 0.29) is 12.5 Å². The van der Waals surface area contributed by atoms with Crippen LogP contribution in [0.1, 0.15) is 35.4 Å². The summed E-state index contributed by atoms with van der Waals surface area (Å²) >= 11 is 1.50. The third kappa shape index (κ3) is 2.89. The van der Waals surface area contributed by atoms with E-state index in [1.807, 2.05) is 45.4 Å². The minimum Gasteiger partial charge on any atom is -0.396 e. The minimum atomic E-state index is 0.104. The van der Waals surface area contributed by atoms with Crippen LogP contribution in [0.2, 0.25) is 0 Å². The second-order valence-electron chi connectivity index (χ2n) is 5.39. The SMILES string of the molecule is O=C(c1sccc1-n1cccc1)N(CCCO)C1CCC1. The van der Waals surface area contributed by atoms with Gasteiger partial charge in [-0.3, -0.25) is 4.79 Å². The molecule has 2 aromatic rings. The summed E-state index contributed by atoms with van der Waals surface area (Å²) in [5.41, 5.74) is 0.948. The molecule has 1 N–H and O–H groups in total. The van der Waals surface area contributed by atoms with Gasteiger partial charge in [0.05, 0.1) is 5.69 Å². The highest BCUT2D eigenvalue weighted by atomic mass is 32.1. The van der Waals surface area contributed by atoms with Crippen molar-refractivity contribution in [2.45, 2.75) is 31.7 Å². The third-order valence-corrected chi connectivity index (χ3v) is 4.95. The number of nitrogens with zero attached hydrogens (tertiary/aromatic N) is 2. The van der Waals surface area contributed by atoms with Crippen molar-refractivity contribution in [1.82, 2.24) is 9.47 Å². The maximum absolute atomic E-state index is 12.9. The quantitative estimate of drug-likeness (QED) is 0.892. The lowest BCUT2D eigenvalue weighted by Crippen LogP contribution is -2.44. The molecule has 1 amide bonds. The van der Waals surface area contributed by atoms with Crippen molar-refractivity contribution in [2.75, 3.05) is 13.2 Å². The molecular weight excluding hydrogens is 284 g/mol. The first-order valence-corrected chi connectivity index (χ1v) is 8.32. The number of thiophene rings is 1. The lowest BCUT2D eigenvalue weighted by atomic mass is 9.91. The molecule has 0 atom stereocenters. The van der Waals surface area contributed by atoms with Gasteiger partial charge in [-0.15, -0.1) is 11.3 Å². The number of hydrogen-bond donors (Lipinski definition) is 1. The summed E-state index contributed by atoms with van der Waals surface area (Å²) in [5, 5.41) is 11.0. The van der Waals surface area contributed by atoms with Gasteiger partial charge in [-0.2, -0.15) is 0 Å². The van der Waals surface area contributed by atoms with Crippen LogP contribution in [-0.4, -0.2) is 39.7 Å². The van der Waals surface area contributed by atoms with Crippen molar-refractivity contribution >= 4 is 17.2 Å². The van der Waals surface area contributed by atoms with Gasteiger partial charge in [-0.25, -0.2) is 0 Å². The van der Waals surface area contributed by atoms with E-state index in [4.69, 9.17) is 5.11 Å². The van der Waals surface area contributed by atoms with Crippen LogP contribution in [0, 0.1) is 0 Å². The second kappa shape index (κ2) is 6.45. The van der Waals surface area contributed by atoms with Gasteiger partial charge in [0.1, 0.15) is 4.88 Å². The van der Waals surface area contributed by atoms with Crippen molar-refractivity contribution in [3.63, 3.8) is 0 Å². The number of rotatable bonds is 6. The van der Waals surface area contributed by atoms with Crippen molar-refractivity contribution < 1.29 is 9.90 Å². The largest absolute Gasteiger partial charge is 0.396 e. The normalized spacial score (nSPS) is 14.9. The van der Waals surface area contributed by atoms with E-state index in [0.717, 1.165) is 23.4 Å². The first-order chi connectivity index (χ1) is 10.3. The van der Waals surface area contributed by atoms with Crippen molar-refractivity contribution in [2.24, 2.45) is 0 Å². The lowest BCUT2D eigenvalue weighted by Gasteiger charge is -2.37. The number of aromatic nitrogens is 1. The summed E-state index contributed by atoms with van der Waals surface area (Å²) in [6, 6.07) is 6.26. The Labute approximate surface area is 128 Å². The van der Waals surface area contributed by atoms with Gasteiger partial charge in [0.2, 0.25) is 0 Å². The molecule has 0 spiro atoms. The summed E-state index contributed by atoms with van der Waals surface area (Å²) in [5.74, 6) is 0.104. The van der Waals surface area contributed by atoms with Gasteiger partial charge in [-0.05, 0) is 49.3 Å². The Morgan fingerprint density at radius 2 is 2.14 bits per heavy atom. The summed E-state index contributed by atoms with van der Waals surface area (Å²) in [6.07, 6.45) is 7.93. The molecular formula is C16H20N2O2S. The summed E-state index contributed by atoms with van der Waals surface area (Å²) < 4.78 is 1.98. The molecule has 0 aliphatic heterocycles. The standard InChI is InChI=1S/C16H20N2O2S/c19-11-4-10-18(13-5-3-6-13)16(20)15-14(7-12-21-15)17-8-1-2-9-17/h1-2,7-9,12-13,19H,3-6,10-11H2. The van der Waals surface area contributed by atoms with Gasteiger partial charge < -0.3 is 14.6 Å². The van der Waals surface area contributed by atoms with Gasteiger partial charge in [0.25, 0.3) is 5.91 Å². The fourth-order valence-electron chi connectivity index (χ4n) is 2.68. The monoisotopic (exact) mass is 304 g/mol. The molecule has 21 heavy (non-hydrogen) atoms. The minimum absolute atomic E-state index is 0.104. The Balaban J connectivity index is 1.84. The van der Waals surface area contributed by atoms with Gasteiger partial charge >= 0.3 is 0 Å². The summed E-state index contributed by atoms with van der Waals surface area (Å²) in [6.45, 7) is 0.772. The molecule has 2 heterocycles. The zero-order valence-corrected chi connectivity index (χ0v) is 12.8. The number of aliphatic hydroxyl groups excluding tert-OH is 1. The van der Waals surface area contributed by atoms with Crippen LogP contribution in [0.15, 0.2) is 36.0 Å². The molecule has 0 saturated heterocycles. The molecule has 112 valence electrons. The van der Waals surface area contributed by atoms with Crippen LogP contribution >= 0.6 is 11.3 Å². The Hall–Kier alpha value is -1.59. The molecule has 0 radical (unpaired) electrons. The molecule has 4 nitrogen and oxygen atoms in total. The number of carbonyl (C=O) groups excluding carboxylic acids is 1. The zero-order valence-electron chi connectivity index (χ0n) is 11.9. The van der Waals surface area contributed by atoms with E-state index in [9.17, 15) is 4.79 Å². The Kier molecular flexibility index (Phi) is 4.41. The van der Waals surface area contributed by atoms with Crippen LogP contribution < -0.4 is 0 Å². The molecule has 3 rings (SSSR count). The molecule has 0 aromatic carbocycles. The van der Waals surface area contributed by atoms with E-state index in [1.165, 1.54) is 17.8 Å². The van der Waals surface area contributed by atoms with Gasteiger partial charge in [0.15, 0.2) is 0 Å².